The maximum absolute atomic E-state index is 13.5. The van der Waals surface area contributed by atoms with E-state index in [1.165, 1.54) is 41.1 Å². The van der Waals surface area contributed by atoms with Crippen molar-refractivity contribution >= 4 is 23.4 Å². The molecule has 12 heteroatoms. The summed E-state index contributed by atoms with van der Waals surface area (Å²) in [6, 6.07) is 10.0. The van der Waals surface area contributed by atoms with E-state index in [0.717, 1.165) is 7.11 Å². The molecule has 1 aliphatic heterocycles. The van der Waals surface area contributed by atoms with Gasteiger partial charge in [0, 0.05) is 17.7 Å². The molecule has 2 aromatic carbocycles. The summed E-state index contributed by atoms with van der Waals surface area (Å²) in [6.45, 7) is 0. The topological polar surface area (TPSA) is 162 Å². The number of anilines is 1. The van der Waals surface area contributed by atoms with E-state index in [-0.39, 0.29) is 34.2 Å². The first-order chi connectivity index (χ1) is 14.9. The van der Waals surface area contributed by atoms with E-state index in [1.807, 2.05) is 0 Å². The molecule has 31 heavy (non-hydrogen) atoms. The predicted octanol–water partition coefficient (Wildman–Crippen LogP) is 1.61. The minimum absolute atomic E-state index is 0.00930. The highest BCUT2D eigenvalue weighted by atomic mass is 16.6. The first-order valence-corrected chi connectivity index (χ1v) is 8.86. The Labute approximate surface area is 173 Å². The lowest BCUT2D eigenvalue weighted by atomic mass is 9.89. The lowest BCUT2D eigenvalue weighted by Crippen LogP contribution is -2.32. The third-order valence-corrected chi connectivity index (χ3v) is 4.70. The van der Waals surface area contributed by atoms with Crippen molar-refractivity contribution in [3.8, 4) is 5.75 Å². The number of nitro groups is 1. The molecule has 0 amide bonds. The van der Waals surface area contributed by atoms with Gasteiger partial charge in [0.25, 0.3) is 5.69 Å². The number of aromatic nitrogens is 4. The van der Waals surface area contributed by atoms with E-state index in [2.05, 4.69) is 20.8 Å². The molecule has 0 spiro atoms. The Hall–Kier alpha value is -4.61. The number of methoxy groups -OCH3 is 1. The van der Waals surface area contributed by atoms with E-state index in [9.17, 15) is 24.8 Å². The van der Waals surface area contributed by atoms with Crippen LogP contribution in [0.25, 0.3) is 0 Å². The summed E-state index contributed by atoms with van der Waals surface area (Å²) in [5, 5.41) is 34.6. The molecule has 0 unspecified atom stereocenters. The van der Waals surface area contributed by atoms with Crippen LogP contribution in [0.5, 0.6) is 5.75 Å². The fraction of sp³-hybridized carbons (Fsp3) is 0.105. The second-order valence-corrected chi connectivity index (χ2v) is 6.48. The van der Waals surface area contributed by atoms with Crippen LogP contribution in [0.2, 0.25) is 0 Å². The van der Waals surface area contributed by atoms with Gasteiger partial charge in [0.2, 0.25) is 5.95 Å². The molecular formula is C19H14N6O6. The monoisotopic (exact) mass is 422 g/mol. The summed E-state index contributed by atoms with van der Waals surface area (Å²) in [6.07, 6.45) is 0. The molecule has 12 nitrogen and oxygen atoms in total. The van der Waals surface area contributed by atoms with Crippen molar-refractivity contribution in [2.45, 2.75) is 6.04 Å². The average molecular weight is 422 g/mol. The van der Waals surface area contributed by atoms with Gasteiger partial charge in [-0.1, -0.05) is 17.2 Å². The number of phenolic OH excluding ortho intramolecular Hbond substituents is 1. The van der Waals surface area contributed by atoms with Crippen molar-refractivity contribution in [1.82, 2.24) is 20.2 Å². The minimum atomic E-state index is -0.927. The zero-order chi connectivity index (χ0) is 22.1. The van der Waals surface area contributed by atoms with Gasteiger partial charge in [-0.05, 0) is 40.3 Å². The van der Waals surface area contributed by atoms with Crippen molar-refractivity contribution in [2.75, 3.05) is 12.4 Å². The molecule has 1 aliphatic rings. The summed E-state index contributed by atoms with van der Waals surface area (Å²) in [7, 11) is 1.16. The van der Waals surface area contributed by atoms with Gasteiger partial charge in [-0.25, -0.2) is 4.79 Å². The summed E-state index contributed by atoms with van der Waals surface area (Å²) in [4.78, 5) is 36.4. The summed E-state index contributed by atoms with van der Waals surface area (Å²) >= 11 is 0. The van der Waals surface area contributed by atoms with E-state index < -0.39 is 22.7 Å². The third-order valence-electron chi connectivity index (χ3n) is 4.70. The first-order valence-electron chi connectivity index (χ1n) is 8.86. The quantitative estimate of drug-likeness (QED) is 0.267. The van der Waals surface area contributed by atoms with Gasteiger partial charge in [-0.2, -0.15) is 4.68 Å². The SMILES string of the molecule is COC(=O)C1=C(C(=O)c2ccc([N+](=O)[O-])cc2)[C@H](c2ccc(O)cc2)n2nnnc2N1. The number of carbonyl (C=O) groups excluding carboxylic acids is 2. The molecular weight excluding hydrogens is 408 g/mol. The molecule has 4 rings (SSSR count). The van der Waals surface area contributed by atoms with Gasteiger partial charge in [0.1, 0.15) is 17.5 Å². The Balaban J connectivity index is 1.90. The third kappa shape index (κ3) is 3.46. The van der Waals surface area contributed by atoms with Gasteiger partial charge in [0.15, 0.2) is 5.78 Å². The minimum Gasteiger partial charge on any atom is -0.508 e. The van der Waals surface area contributed by atoms with E-state index in [4.69, 9.17) is 4.74 Å². The maximum Gasteiger partial charge on any atom is 0.355 e. The van der Waals surface area contributed by atoms with Crippen LogP contribution in [-0.4, -0.2) is 49.1 Å². The van der Waals surface area contributed by atoms with Crippen molar-refractivity contribution in [3.05, 3.63) is 81.0 Å². The van der Waals surface area contributed by atoms with Crippen LogP contribution < -0.4 is 5.32 Å². The van der Waals surface area contributed by atoms with Crippen LogP contribution in [0.4, 0.5) is 11.6 Å². The standard InChI is InChI=1S/C19H14N6O6/c1-31-18(28)15-14(17(27)11-2-6-12(7-3-11)25(29)30)16(10-4-8-13(26)9-5-10)24-19(20-15)21-22-23-24/h2-9,16,26H,1H3,(H,20,21,23)/t16-/m0/s1. The number of nitrogens with one attached hydrogen (secondary N) is 1. The number of nitrogens with zero attached hydrogens (tertiary/aromatic N) is 5. The molecule has 2 heterocycles. The number of benzene rings is 2. The number of phenols is 1. The lowest BCUT2D eigenvalue weighted by molar-refractivity contribution is -0.384. The number of hydrogen-bond donors (Lipinski definition) is 2. The number of non-ortho nitro benzene ring substituents is 1. The molecule has 0 radical (unpaired) electrons. The number of rotatable bonds is 5. The molecule has 1 atom stereocenters. The maximum atomic E-state index is 13.5. The van der Waals surface area contributed by atoms with E-state index in [1.54, 1.807) is 12.1 Å². The van der Waals surface area contributed by atoms with Crippen molar-refractivity contribution in [2.24, 2.45) is 0 Å². The average Bonchev–Trinajstić information content (AvgIpc) is 3.26. The number of hydrogen-bond acceptors (Lipinski definition) is 10. The van der Waals surface area contributed by atoms with Crippen LogP contribution in [-0.2, 0) is 9.53 Å². The van der Waals surface area contributed by atoms with Gasteiger partial charge in [0.05, 0.1) is 17.6 Å². The van der Waals surface area contributed by atoms with Gasteiger partial charge in [-0.3, -0.25) is 14.9 Å². The van der Waals surface area contributed by atoms with Crippen molar-refractivity contribution < 1.29 is 24.4 Å². The molecule has 0 bridgehead atoms. The summed E-state index contributed by atoms with van der Waals surface area (Å²) < 4.78 is 6.15. The lowest BCUT2D eigenvalue weighted by Gasteiger charge is -2.28. The molecule has 1 aromatic heterocycles. The highest BCUT2D eigenvalue weighted by molar-refractivity contribution is 6.15. The normalized spacial score (nSPS) is 15.1. The van der Waals surface area contributed by atoms with Crippen LogP contribution in [0.1, 0.15) is 22.0 Å². The number of allylic oxidation sites excluding steroid dienone is 1. The number of nitro benzene ring substituents is 1. The number of tetrazole rings is 1. The summed E-state index contributed by atoms with van der Waals surface area (Å²) in [5.74, 6) is -1.28. The molecule has 0 aliphatic carbocycles. The van der Waals surface area contributed by atoms with Gasteiger partial charge in [-0.15, -0.1) is 0 Å². The zero-order valence-corrected chi connectivity index (χ0v) is 15.9. The molecule has 2 N–H and O–H groups in total. The Bertz CT molecular complexity index is 1220. The van der Waals surface area contributed by atoms with Crippen molar-refractivity contribution in [1.29, 1.82) is 0 Å². The molecule has 156 valence electrons. The Morgan fingerprint density at radius 2 is 1.84 bits per heavy atom. The second-order valence-electron chi connectivity index (χ2n) is 6.48. The van der Waals surface area contributed by atoms with Crippen LogP contribution in [0, 0.1) is 10.1 Å². The number of Topliss-reactive ketones (excluding diaryl/α,β-unsaturated/α-hetero) is 1. The number of ether oxygens (including phenoxy) is 1. The number of carbonyl (C=O) groups is 2. The van der Waals surface area contributed by atoms with Crippen molar-refractivity contribution in [3.63, 3.8) is 0 Å². The zero-order valence-electron chi connectivity index (χ0n) is 15.9. The highest BCUT2D eigenvalue weighted by Gasteiger charge is 2.38. The van der Waals surface area contributed by atoms with Crippen LogP contribution in [0.15, 0.2) is 59.8 Å². The predicted molar refractivity (Wildman–Crippen MR) is 104 cm³/mol. The molecule has 0 fully saturated rings. The van der Waals surface area contributed by atoms with Gasteiger partial charge < -0.3 is 15.2 Å². The van der Waals surface area contributed by atoms with Crippen LogP contribution >= 0.6 is 0 Å². The fourth-order valence-electron chi connectivity index (χ4n) is 3.24. The summed E-state index contributed by atoms with van der Waals surface area (Å²) in [5.41, 5.74) is 0.263. The number of fused-ring (bicyclic) bond motifs is 1. The Morgan fingerprint density at radius 3 is 2.45 bits per heavy atom. The Morgan fingerprint density at radius 1 is 1.16 bits per heavy atom. The second kappa shape index (κ2) is 7.67. The number of ketones is 1. The van der Waals surface area contributed by atoms with Gasteiger partial charge >= 0.3 is 5.97 Å². The van der Waals surface area contributed by atoms with E-state index >= 15 is 0 Å². The molecule has 0 saturated carbocycles. The van der Waals surface area contributed by atoms with Crippen LogP contribution in [0.3, 0.4) is 0 Å². The Kier molecular flexibility index (Phi) is 4.87. The smallest absolute Gasteiger partial charge is 0.355 e. The number of aromatic hydroxyl groups is 1. The van der Waals surface area contributed by atoms with E-state index in [0.29, 0.717) is 5.56 Å². The molecule has 0 saturated heterocycles. The fourth-order valence-corrected chi connectivity index (χ4v) is 3.24. The largest absolute Gasteiger partial charge is 0.508 e. The first kappa shape index (κ1) is 19.7. The number of esters is 1. The highest BCUT2D eigenvalue weighted by Crippen LogP contribution is 2.37. The molecule has 3 aromatic rings.